The largest absolute Gasteiger partial charge is 0.399 e. The third-order valence-electron chi connectivity index (χ3n) is 18.8. The first kappa shape index (κ1) is 86.3. The molecule has 0 bridgehead atoms. The summed E-state index contributed by atoms with van der Waals surface area (Å²) in [7, 11) is 16.4. The molecular formula is C87H82N16O11S6. The first-order valence-corrected chi connectivity index (χ1v) is 41.4. The standard InChI is InChI=1S/C18H21N3OS.C16H19N3S.C14H9N3O5S.C14H13N3OS.C12H7N3O4S.C12H9NS.CH4/c1-12(22)21-15-8-6-13(19(2)3)10-17(15)23-18-11-14(20(4)5)7-9-16(18)21;1-18(2)11-5-7-13-15(9-11)20-16-10-12(19(3)4)6-8-14(16)17-13;1-8(18)15-11-4-2-9(16(19)20)6-13(11)23-14-7-10(17(21)22)3-5-12(14)15;1-8(18)17-11-4-2-9(15)6-13(11)19-14-7-10(16)3-5-12(14)17;16-14(17)7-1-3-9-11(5-7)20-12-6-8(15(18)19)2-4-10(12)13-9;1-3-7-11-9(5-1)13-10-6-2-4-8-12(10)14-11;/h6-11H,1-5H3;5-10,17H,1-4H3;2-7H,1H3;2-7H,15-16H2,1H3;1-6,13H;1-8,13H;1H4. The summed E-state index contributed by atoms with van der Waals surface area (Å²) in [4.78, 5) is 103. The van der Waals surface area contributed by atoms with Gasteiger partial charge in [0.15, 0.2) is 0 Å². The third kappa shape index (κ3) is 19.2. The van der Waals surface area contributed by atoms with Gasteiger partial charge >= 0.3 is 0 Å². The predicted molar refractivity (Wildman–Crippen MR) is 490 cm³/mol. The van der Waals surface area contributed by atoms with Crippen molar-refractivity contribution in [2.45, 2.75) is 86.9 Å². The third-order valence-corrected chi connectivity index (χ3v) is 25.5. The van der Waals surface area contributed by atoms with E-state index < -0.39 is 19.7 Å². The molecule has 0 unspecified atom stereocenters. The fourth-order valence-corrected chi connectivity index (χ4v) is 19.4. The Morgan fingerprint density at radius 3 is 0.792 bits per heavy atom. The number of benzene rings is 12. The summed E-state index contributed by atoms with van der Waals surface area (Å²) in [5.41, 5.74) is 28.5. The van der Waals surface area contributed by atoms with Gasteiger partial charge in [-0.2, -0.15) is 0 Å². The highest BCUT2D eigenvalue weighted by molar-refractivity contribution is 8.01. The number of nitrogens with two attached hydrogens (primary N) is 2. The number of hydrogen-bond acceptors (Lipinski definition) is 26. The van der Waals surface area contributed by atoms with E-state index in [2.05, 4.69) is 173 Å². The number of nitrogens with zero attached hydrogens (tertiary/aromatic N) is 11. The van der Waals surface area contributed by atoms with E-state index in [-0.39, 0.29) is 47.9 Å². The summed E-state index contributed by atoms with van der Waals surface area (Å²) in [6, 6.07) is 70.8. The Kier molecular flexibility index (Phi) is 26.5. The summed E-state index contributed by atoms with van der Waals surface area (Å²) < 4.78 is 0. The molecule has 6 heterocycles. The van der Waals surface area contributed by atoms with Gasteiger partial charge in [-0.25, -0.2) is 0 Å². The number of hydrogen-bond donors (Lipinski definition) is 5. The molecule has 120 heavy (non-hydrogen) atoms. The van der Waals surface area contributed by atoms with E-state index in [1.807, 2.05) is 88.1 Å². The van der Waals surface area contributed by atoms with Crippen molar-refractivity contribution in [2.75, 3.05) is 118 Å². The van der Waals surface area contributed by atoms with Gasteiger partial charge in [-0.05, 0) is 158 Å². The molecule has 12 aromatic rings. The summed E-state index contributed by atoms with van der Waals surface area (Å²) in [6.45, 7) is 4.53. The molecule has 0 saturated carbocycles. The van der Waals surface area contributed by atoms with Crippen LogP contribution >= 0.6 is 70.6 Å². The van der Waals surface area contributed by atoms with Crippen LogP contribution in [0.2, 0.25) is 0 Å². The van der Waals surface area contributed by atoms with Crippen LogP contribution in [-0.2, 0) is 14.4 Å². The molecule has 0 atom stereocenters. The van der Waals surface area contributed by atoms with Gasteiger partial charge in [0, 0.05) is 219 Å². The number of nitrogens with one attached hydrogen (secondary N) is 3. The second kappa shape index (κ2) is 36.9. The number of rotatable bonds is 8. The zero-order valence-electron chi connectivity index (χ0n) is 66.0. The molecule has 612 valence electrons. The highest BCUT2D eigenvalue weighted by Crippen LogP contribution is 2.55. The van der Waals surface area contributed by atoms with Gasteiger partial charge in [0.05, 0.1) is 87.9 Å². The Balaban J connectivity index is 0.000000132. The summed E-state index contributed by atoms with van der Waals surface area (Å²) >= 11 is 9.39. The normalized spacial score (nSPS) is 12.3. The molecule has 18 rings (SSSR count). The molecule has 0 fully saturated rings. The van der Waals surface area contributed by atoms with E-state index in [1.54, 1.807) is 71.4 Å². The van der Waals surface area contributed by atoms with Crippen molar-refractivity contribution in [3.05, 3.63) is 271 Å². The number of anilines is 18. The Hall–Kier alpha value is -13.1. The van der Waals surface area contributed by atoms with Gasteiger partial charge in [0.1, 0.15) is 0 Å². The van der Waals surface area contributed by atoms with Crippen LogP contribution in [0.3, 0.4) is 0 Å². The second-order valence-electron chi connectivity index (χ2n) is 27.9. The first-order chi connectivity index (χ1) is 56.8. The van der Waals surface area contributed by atoms with Crippen LogP contribution in [0, 0.1) is 40.5 Å². The molecule has 0 radical (unpaired) electrons. The minimum absolute atomic E-state index is 0. The highest BCUT2D eigenvalue weighted by Gasteiger charge is 2.32. The lowest BCUT2D eigenvalue weighted by atomic mass is 10.2. The molecule has 33 heteroatoms. The maximum Gasteiger partial charge on any atom is 0.270 e. The number of nitrogen functional groups attached to an aromatic ring is 2. The molecular weight excluding hydrogens is 1640 g/mol. The molecule has 27 nitrogen and oxygen atoms in total. The van der Waals surface area contributed by atoms with Crippen molar-refractivity contribution in [1.29, 1.82) is 0 Å². The molecule has 0 aromatic heterocycles. The fourth-order valence-electron chi connectivity index (χ4n) is 12.9. The number of nitro benzene ring substituents is 4. The van der Waals surface area contributed by atoms with Crippen LogP contribution in [0.15, 0.2) is 289 Å². The van der Waals surface area contributed by atoms with Crippen molar-refractivity contribution in [1.82, 2.24) is 0 Å². The van der Waals surface area contributed by atoms with E-state index in [4.69, 9.17) is 11.5 Å². The lowest BCUT2D eigenvalue weighted by molar-refractivity contribution is -0.385. The average Bonchev–Trinajstić information content (AvgIpc) is 0.763. The number of amides is 3. The Bertz CT molecular complexity index is 5700. The predicted octanol–water partition coefficient (Wildman–Crippen LogP) is 22.9. The van der Waals surface area contributed by atoms with Crippen LogP contribution in [-0.4, -0.2) is 93.8 Å². The minimum Gasteiger partial charge on any atom is -0.399 e. The van der Waals surface area contributed by atoms with Crippen LogP contribution in [0.4, 0.5) is 125 Å². The average molecular weight is 1720 g/mol. The number of nitro groups is 4. The quantitative estimate of drug-likeness (QED) is 0.0536. The van der Waals surface area contributed by atoms with Crippen molar-refractivity contribution in [3.63, 3.8) is 0 Å². The minimum atomic E-state index is -0.526. The Morgan fingerprint density at radius 2 is 0.492 bits per heavy atom. The molecule has 6 aliphatic heterocycles. The van der Waals surface area contributed by atoms with E-state index in [0.29, 0.717) is 42.3 Å². The fraction of sp³-hybridized carbons (Fsp3) is 0.138. The highest BCUT2D eigenvalue weighted by atomic mass is 32.2. The summed E-state index contributed by atoms with van der Waals surface area (Å²) in [5, 5.41) is 53.4. The van der Waals surface area contributed by atoms with E-state index in [0.717, 1.165) is 76.8 Å². The zero-order valence-corrected chi connectivity index (χ0v) is 70.9. The molecule has 6 aliphatic rings. The van der Waals surface area contributed by atoms with Gasteiger partial charge in [0.2, 0.25) is 17.7 Å². The SMILES string of the molecule is C.CC(=O)N1c2ccc(N(C)C)cc2Sc2cc(N(C)C)ccc21.CC(=O)N1c2ccc(N)cc2Sc2cc(N)ccc21.CC(=O)N1c2ccc([N+](=O)[O-])cc2Sc2cc([N+](=O)[O-])ccc21.CN(C)c1ccc2c(c1)Sc1cc(N(C)C)ccc1N2.O=[N+]([O-])c1ccc2c(c1)Sc1cc([N+](=O)[O-])ccc1N2.c1ccc2c(c1)Nc1ccccc1S2. The van der Waals surface area contributed by atoms with E-state index >= 15 is 0 Å². The summed E-state index contributed by atoms with van der Waals surface area (Å²) in [5.74, 6) is -0.282. The van der Waals surface area contributed by atoms with Gasteiger partial charge in [-0.1, -0.05) is 102 Å². The second-order valence-corrected chi connectivity index (χ2v) is 34.4. The van der Waals surface area contributed by atoms with Gasteiger partial charge < -0.3 is 47.0 Å². The smallest absolute Gasteiger partial charge is 0.270 e. The maximum atomic E-state index is 12.3. The van der Waals surface area contributed by atoms with Gasteiger partial charge in [0.25, 0.3) is 22.7 Å². The van der Waals surface area contributed by atoms with E-state index in [9.17, 15) is 54.8 Å². The lowest BCUT2D eigenvalue weighted by Gasteiger charge is -2.32. The monoisotopic (exact) mass is 1720 g/mol. The van der Waals surface area contributed by atoms with Crippen molar-refractivity contribution < 1.29 is 34.1 Å². The van der Waals surface area contributed by atoms with Gasteiger partial charge in [-0.3, -0.25) is 69.5 Å². The summed E-state index contributed by atoms with van der Waals surface area (Å²) in [6.07, 6.45) is 0. The Labute approximate surface area is 718 Å². The number of carbonyl (C=O) groups excluding carboxylic acids is 3. The topological polar surface area (TPSA) is 335 Å². The van der Waals surface area contributed by atoms with E-state index in [1.165, 1.54) is 138 Å². The van der Waals surface area contributed by atoms with Crippen molar-refractivity contribution in [2.24, 2.45) is 0 Å². The van der Waals surface area contributed by atoms with Crippen LogP contribution in [0.5, 0.6) is 0 Å². The lowest BCUT2D eigenvalue weighted by Crippen LogP contribution is -2.26. The van der Waals surface area contributed by atoms with Crippen LogP contribution in [0.25, 0.3) is 0 Å². The molecule has 3 amide bonds. The van der Waals surface area contributed by atoms with Crippen LogP contribution < -0.4 is 61.7 Å². The van der Waals surface area contributed by atoms with Crippen LogP contribution in [0.1, 0.15) is 28.2 Å². The molecule has 0 aliphatic carbocycles. The maximum absolute atomic E-state index is 12.3. The molecule has 7 N–H and O–H groups in total. The molecule has 12 aromatic carbocycles. The number of non-ortho nitro benzene ring substituents is 4. The van der Waals surface area contributed by atoms with Crippen molar-refractivity contribution >= 4 is 213 Å². The first-order valence-electron chi connectivity index (χ1n) is 36.5. The van der Waals surface area contributed by atoms with Crippen molar-refractivity contribution in [3.8, 4) is 0 Å². The molecule has 0 saturated heterocycles. The number of fused-ring (bicyclic) bond motifs is 12. The zero-order chi connectivity index (χ0) is 84.9. The van der Waals surface area contributed by atoms with Gasteiger partial charge in [-0.15, -0.1) is 0 Å². The Morgan fingerprint density at radius 1 is 0.283 bits per heavy atom. The number of para-hydroxylation sites is 2. The molecule has 0 spiro atoms. The number of carbonyl (C=O) groups is 3.